The molecule has 0 bridgehead atoms. The van der Waals surface area contributed by atoms with Crippen molar-refractivity contribution in [3.63, 3.8) is 0 Å². The number of pyridine rings is 1. The molecule has 1 fully saturated rings. The van der Waals surface area contributed by atoms with Crippen LogP contribution in [0, 0.1) is 17.8 Å². The van der Waals surface area contributed by atoms with E-state index >= 15 is 0 Å². The maximum atomic E-state index is 13.7. The van der Waals surface area contributed by atoms with E-state index in [9.17, 15) is 48.3 Å². The standard InChI is InChI=1S/C56H75ClN8O13/c1-35(2)51(62-47(68)13-7-6-10-24-65-48(69)22-23-49(65)70)54(73)61-44(11-8-9-12-46(58)67)53(72)60-42-18-16-39(17-19-42)34-76-55(74)63-25-27-64(28-26-63)56(75)77-45-21-15-37(4)52(38(5)29-40-30-41(57)33-59-32-40)78-50(71)31-43(66)20-14-36(45)3/h15-19,21-23,29-30,32-33,35-37,43-45,51-52,66H,6-14,20,24-28,31,34H2,1-5H3,(H2,58,67)(H,60,72)(H,61,73)(H,62,68)/b21-15+,38-29+/t36-,37-,43+,44-,45-,51-,52-/m0/s1. The fourth-order valence-corrected chi connectivity index (χ4v) is 9.24. The first kappa shape index (κ1) is 61.7. The summed E-state index contributed by atoms with van der Waals surface area (Å²) < 4.78 is 17.6. The average molecular weight is 1100 g/mol. The number of cyclic esters (lactones) is 1. The molecule has 1 aromatic carbocycles. The van der Waals surface area contributed by atoms with E-state index in [-0.39, 0.29) is 107 Å². The Kier molecular flexibility index (Phi) is 24.3. The number of nitrogens with one attached hydrogen (secondary N) is 3. The second-order valence-electron chi connectivity index (χ2n) is 20.5. The molecular formula is C56H75ClN8O13. The third-order valence-electron chi connectivity index (χ3n) is 13.7. The van der Waals surface area contributed by atoms with Crippen molar-refractivity contribution in [2.45, 2.75) is 142 Å². The van der Waals surface area contributed by atoms with Gasteiger partial charge in [-0.2, -0.15) is 0 Å². The third-order valence-corrected chi connectivity index (χ3v) is 13.9. The molecule has 78 heavy (non-hydrogen) atoms. The van der Waals surface area contributed by atoms with E-state index in [1.807, 2.05) is 32.9 Å². The lowest BCUT2D eigenvalue weighted by atomic mass is 9.91. The first-order valence-corrected chi connectivity index (χ1v) is 27.1. The molecule has 0 unspecified atom stereocenters. The number of hydrogen-bond donors (Lipinski definition) is 5. The summed E-state index contributed by atoms with van der Waals surface area (Å²) in [7, 11) is 0. The van der Waals surface area contributed by atoms with Crippen LogP contribution in [-0.2, 0) is 54.4 Å². The van der Waals surface area contributed by atoms with Crippen molar-refractivity contribution in [1.82, 2.24) is 30.3 Å². The minimum absolute atomic E-state index is 0.0826. The van der Waals surface area contributed by atoms with Gasteiger partial charge in [0.25, 0.3) is 11.8 Å². The van der Waals surface area contributed by atoms with Crippen LogP contribution in [0.25, 0.3) is 6.08 Å². The highest BCUT2D eigenvalue weighted by Gasteiger charge is 2.32. The van der Waals surface area contributed by atoms with Crippen LogP contribution < -0.4 is 21.7 Å². The monoisotopic (exact) mass is 1100 g/mol. The third kappa shape index (κ3) is 20.0. The molecule has 3 aliphatic heterocycles. The SMILES string of the molecule is C/C(=C\c1cncc(Cl)c1)[C@H]1OC(=O)C[C@H](O)CC[C@H](C)[C@@H](OC(=O)N2CCN(C(=O)OCc3ccc(NC(=O)[C@H](CCCCC(N)=O)NC(=O)[C@@H](NC(=O)CCCCCN4C(=O)C=CC4=O)C(C)C)cc3)CC2)/C=C/[C@@H]1C. The molecule has 0 aliphatic carbocycles. The van der Waals surface area contributed by atoms with Crippen LogP contribution in [-0.4, -0.2) is 142 Å². The van der Waals surface area contributed by atoms with E-state index in [2.05, 4.69) is 20.9 Å². The Bertz CT molecular complexity index is 2510. The molecule has 3 aliphatic rings. The highest BCUT2D eigenvalue weighted by molar-refractivity contribution is 6.30. The number of benzene rings is 1. The number of ether oxygens (including phenoxy) is 3. The number of rotatable bonds is 22. The van der Waals surface area contributed by atoms with Gasteiger partial charge in [-0.1, -0.05) is 76.4 Å². The smallest absolute Gasteiger partial charge is 0.410 e. The van der Waals surface area contributed by atoms with Crippen LogP contribution in [0.3, 0.4) is 0 Å². The van der Waals surface area contributed by atoms with E-state index in [0.717, 1.165) is 16.0 Å². The van der Waals surface area contributed by atoms with Gasteiger partial charge < -0.3 is 50.8 Å². The van der Waals surface area contributed by atoms with Gasteiger partial charge in [-0.05, 0) is 98.3 Å². The number of hydrogen-bond acceptors (Lipinski definition) is 14. The van der Waals surface area contributed by atoms with Crippen molar-refractivity contribution in [2.75, 3.05) is 38.0 Å². The fourth-order valence-electron chi connectivity index (χ4n) is 9.06. The molecule has 8 amide bonds. The summed E-state index contributed by atoms with van der Waals surface area (Å²) in [6.07, 6.45) is 11.0. The van der Waals surface area contributed by atoms with Crippen LogP contribution in [0.5, 0.6) is 0 Å². The highest BCUT2D eigenvalue weighted by atomic mass is 35.5. The zero-order valence-electron chi connectivity index (χ0n) is 45.2. The van der Waals surface area contributed by atoms with Crippen LogP contribution in [0.2, 0.25) is 5.02 Å². The predicted octanol–water partition coefficient (Wildman–Crippen LogP) is 5.98. The lowest BCUT2D eigenvalue weighted by Crippen LogP contribution is -2.54. The first-order valence-electron chi connectivity index (χ1n) is 26.7. The van der Waals surface area contributed by atoms with Crippen LogP contribution >= 0.6 is 11.6 Å². The van der Waals surface area contributed by atoms with E-state index in [0.29, 0.717) is 54.8 Å². The molecular weight excluding hydrogens is 1030 g/mol. The summed E-state index contributed by atoms with van der Waals surface area (Å²) in [4.78, 5) is 123. The van der Waals surface area contributed by atoms with Gasteiger partial charge in [0.1, 0.15) is 30.9 Å². The molecule has 2 aromatic rings. The Morgan fingerprint density at radius 3 is 2.18 bits per heavy atom. The zero-order valence-corrected chi connectivity index (χ0v) is 45.9. The van der Waals surface area contributed by atoms with Gasteiger partial charge in [-0.3, -0.25) is 43.4 Å². The highest BCUT2D eigenvalue weighted by Crippen LogP contribution is 2.27. The number of aliphatic hydroxyl groups is 1. The maximum absolute atomic E-state index is 13.7. The number of imide groups is 1. The van der Waals surface area contributed by atoms with Gasteiger partial charge in [-0.15, -0.1) is 0 Å². The molecule has 4 heterocycles. The Morgan fingerprint density at radius 2 is 1.53 bits per heavy atom. The molecule has 7 atom stereocenters. The number of esters is 1. The Morgan fingerprint density at radius 1 is 0.859 bits per heavy atom. The van der Waals surface area contributed by atoms with E-state index in [1.54, 1.807) is 56.5 Å². The number of primary amides is 1. The van der Waals surface area contributed by atoms with Crippen molar-refractivity contribution in [2.24, 2.45) is 23.5 Å². The minimum Gasteiger partial charge on any atom is -0.457 e. The topological polar surface area (TPSA) is 286 Å². The molecule has 1 aromatic heterocycles. The lowest BCUT2D eigenvalue weighted by molar-refractivity contribution is -0.151. The van der Waals surface area contributed by atoms with Crippen molar-refractivity contribution < 1.29 is 62.5 Å². The van der Waals surface area contributed by atoms with Crippen LogP contribution in [0.4, 0.5) is 15.3 Å². The first-order chi connectivity index (χ1) is 37.2. The number of nitrogens with zero attached hydrogens (tertiary/aromatic N) is 4. The van der Waals surface area contributed by atoms with Gasteiger partial charge in [0.05, 0.1) is 17.5 Å². The second kappa shape index (κ2) is 30.7. The quantitative estimate of drug-likeness (QED) is 0.0298. The second-order valence-corrected chi connectivity index (χ2v) is 20.9. The average Bonchev–Trinajstić information content (AvgIpc) is 3.72. The summed E-state index contributed by atoms with van der Waals surface area (Å²) in [6, 6.07) is 6.35. The molecule has 0 saturated carbocycles. The number of carbonyl (C=O) groups excluding carboxylic acids is 9. The maximum Gasteiger partial charge on any atom is 0.410 e. The van der Waals surface area contributed by atoms with Crippen molar-refractivity contribution in [3.8, 4) is 0 Å². The van der Waals surface area contributed by atoms with Gasteiger partial charge in [0.2, 0.25) is 23.6 Å². The fraction of sp³-hybridized carbons (Fsp3) is 0.536. The number of nitrogens with two attached hydrogens (primary N) is 1. The Labute approximate surface area is 460 Å². The van der Waals surface area contributed by atoms with E-state index in [4.69, 9.17) is 31.5 Å². The number of amides is 8. The number of halogens is 1. The summed E-state index contributed by atoms with van der Waals surface area (Å²) in [5, 5.41) is 19.5. The van der Waals surface area contributed by atoms with E-state index in [1.165, 1.54) is 28.1 Å². The molecule has 1 saturated heterocycles. The molecule has 22 heteroatoms. The number of unbranched alkanes of at least 4 members (excludes halogenated alkanes) is 3. The molecule has 0 spiro atoms. The van der Waals surface area contributed by atoms with Gasteiger partial charge >= 0.3 is 18.2 Å². The summed E-state index contributed by atoms with van der Waals surface area (Å²) in [5.41, 5.74) is 7.80. The minimum atomic E-state index is -1.03. The van der Waals surface area contributed by atoms with Crippen molar-refractivity contribution in [3.05, 3.63) is 88.8 Å². The summed E-state index contributed by atoms with van der Waals surface area (Å²) in [6.45, 7) is 10.1. The normalized spacial score (nSPS) is 21.4. The zero-order chi connectivity index (χ0) is 56.9. The van der Waals surface area contributed by atoms with Crippen molar-refractivity contribution in [1.29, 1.82) is 0 Å². The number of carbonyl (C=O) groups is 9. The van der Waals surface area contributed by atoms with Crippen LogP contribution in [0.1, 0.15) is 116 Å². The lowest BCUT2D eigenvalue weighted by Gasteiger charge is -2.35. The summed E-state index contributed by atoms with van der Waals surface area (Å²) >= 11 is 6.15. The largest absolute Gasteiger partial charge is 0.457 e. The van der Waals surface area contributed by atoms with E-state index < -0.39 is 66.3 Å². The Hall–Kier alpha value is -7.13. The molecule has 0 radical (unpaired) electrons. The van der Waals surface area contributed by atoms with Gasteiger partial charge in [-0.25, -0.2) is 9.59 Å². The molecule has 424 valence electrons. The van der Waals surface area contributed by atoms with Gasteiger partial charge in [0.15, 0.2) is 0 Å². The number of aromatic nitrogens is 1. The number of aliphatic hydroxyl groups excluding tert-OH is 1. The molecule has 21 nitrogen and oxygen atoms in total. The van der Waals surface area contributed by atoms with Crippen LogP contribution in [0.15, 0.2) is 72.6 Å². The molecule has 6 N–H and O–H groups in total. The number of piperazine rings is 1. The Balaban J connectivity index is 1.09. The molecule has 5 rings (SSSR count). The number of anilines is 1. The van der Waals surface area contributed by atoms with Crippen molar-refractivity contribution >= 4 is 77.0 Å². The summed E-state index contributed by atoms with van der Waals surface area (Å²) in [5.74, 6) is -4.07. The predicted molar refractivity (Wildman–Crippen MR) is 289 cm³/mol. The van der Waals surface area contributed by atoms with Gasteiger partial charge in [0, 0.05) is 81.7 Å².